The van der Waals surface area contributed by atoms with Gasteiger partial charge in [-0.1, -0.05) is 0 Å². The van der Waals surface area contributed by atoms with Crippen molar-refractivity contribution < 1.29 is 242 Å². The number of ether oxygens (including phenoxy) is 19. The molecule has 30 N–H and O–H groups in total. The van der Waals surface area contributed by atoms with Gasteiger partial charge in [-0.15, -0.1) is 0 Å². The molecule has 53 nitrogen and oxygen atoms in total. The molecule has 0 saturated carbocycles. The second-order valence-electron chi connectivity index (χ2n) is 30.5. The SMILES string of the molecule is CC(=O)N[C@@H]1[C@@H](O)[C@H](O[C@@H]2O[C@H](CO)[C@@H](O[C@@H]3O[C@H](CO[C@H]4O[C@H](CO)[C@@H](O)[C@H](O)[C@@H]4O)[C@@H](O)[C@H](O[C@H]4O[C@H](CO)[C@@H](O)[C@H](O)[C@@H]4O[C@@H]4O[C@H](CO)[C@@H](O[C@@H]5O[C@H](CO)[C@H](O)[C@H](O[C@@H]6O[C@H](CO)[C@H](O)[C@H](O)[C@H]6O[C@@H]6O[C@@H](C)[C@@H](O)[C@@H](O)[C@@H]6O)[C@H]5NC(C)=O)[C@H](O)[C@H]4NC(C)=O)[C@@H]3O[C@@H]3O[C@H](CO)[C@H](O)[C@H]3O)[C@H](O)[C@H]2NC(C)=O)[C@@H](CO)O[C@H]1O. The Kier molecular flexibility index (Phi) is 35.0. The molecule has 10 aliphatic rings. The molecule has 0 bridgehead atoms. The van der Waals surface area contributed by atoms with Gasteiger partial charge >= 0.3 is 0 Å². The van der Waals surface area contributed by atoms with Crippen LogP contribution in [0.4, 0.5) is 0 Å². The number of carbonyl (C=O) groups is 4. The maximum atomic E-state index is 13.4. The summed E-state index contributed by atoms with van der Waals surface area (Å²) in [7, 11) is 0. The minimum absolute atomic E-state index is 0.797. The molecule has 0 aromatic carbocycles. The Labute approximate surface area is 679 Å². The van der Waals surface area contributed by atoms with Gasteiger partial charge in [0.15, 0.2) is 62.9 Å². The van der Waals surface area contributed by atoms with Crippen LogP contribution < -0.4 is 21.3 Å². The van der Waals surface area contributed by atoms with Crippen LogP contribution in [-0.4, -0.2) is 517 Å². The first-order chi connectivity index (χ1) is 56.8. The highest BCUT2D eigenvalue weighted by Crippen LogP contribution is 2.42. The van der Waals surface area contributed by atoms with Crippen molar-refractivity contribution in [3.05, 3.63) is 0 Å². The molecule has 49 atom stereocenters. The maximum absolute atomic E-state index is 13.4. The largest absolute Gasteiger partial charge is 0.394 e. The molecule has 0 unspecified atom stereocenters. The summed E-state index contributed by atoms with van der Waals surface area (Å²) >= 11 is 0. The maximum Gasteiger partial charge on any atom is 0.217 e. The highest BCUT2D eigenvalue weighted by Gasteiger charge is 2.63. The molecule has 53 heteroatoms. The normalized spacial score (nSPS) is 49.6. The van der Waals surface area contributed by atoms with E-state index in [1.807, 2.05) is 0 Å². The number of carbonyl (C=O) groups excluding carboxylic acids is 4. The Hall–Kier alpha value is -3.92. The van der Waals surface area contributed by atoms with E-state index in [9.17, 15) is 152 Å². The van der Waals surface area contributed by atoms with Crippen LogP contribution in [0.2, 0.25) is 0 Å². The van der Waals surface area contributed by atoms with Crippen molar-refractivity contribution in [3.8, 4) is 0 Å². The second kappa shape index (κ2) is 42.8. The summed E-state index contributed by atoms with van der Waals surface area (Å²) in [6.07, 6.45) is -93.9. The number of aliphatic hydroxyl groups is 26. The molecule has 694 valence electrons. The fourth-order valence-electron chi connectivity index (χ4n) is 15.7. The number of hydrogen-bond acceptors (Lipinski definition) is 49. The van der Waals surface area contributed by atoms with E-state index < -0.39 is 384 Å². The zero-order valence-corrected chi connectivity index (χ0v) is 64.7. The number of hydrogen-bond donors (Lipinski definition) is 30. The Balaban J connectivity index is 0.996. The Morgan fingerprint density at radius 3 is 0.975 bits per heavy atom. The van der Waals surface area contributed by atoms with Gasteiger partial charge in [0.1, 0.15) is 232 Å². The molecule has 0 aromatic rings. The number of rotatable bonds is 31. The van der Waals surface area contributed by atoms with Crippen LogP contribution in [-0.2, 0) is 109 Å². The summed E-state index contributed by atoms with van der Waals surface area (Å²) in [5.74, 6) is -3.76. The number of aliphatic hydroxyl groups excluding tert-OH is 26. The van der Waals surface area contributed by atoms with Gasteiger partial charge in [0.2, 0.25) is 23.6 Å². The first-order valence-electron chi connectivity index (χ1n) is 38.4. The van der Waals surface area contributed by atoms with Crippen LogP contribution in [0.25, 0.3) is 0 Å². The van der Waals surface area contributed by atoms with Crippen molar-refractivity contribution in [1.29, 1.82) is 0 Å². The fraction of sp³-hybridized carbons (Fsp3) is 0.940. The van der Waals surface area contributed by atoms with Crippen LogP contribution in [0.5, 0.6) is 0 Å². The first kappa shape index (κ1) is 98.3. The zero-order chi connectivity index (χ0) is 88.2. The Morgan fingerprint density at radius 2 is 0.508 bits per heavy atom. The van der Waals surface area contributed by atoms with E-state index in [2.05, 4.69) is 21.3 Å². The number of nitrogens with one attached hydrogen (secondary N) is 4. The average Bonchev–Trinajstić information content (AvgIpc) is 0.900. The average molecular weight is 1760 g/mol. The summed E-state index contributed by atoms with van der Waals surface area (Å²) in [5, 5.41) is 300. The summed E-state index contributed by atoms with van der Waals surface area (Å²) in [6.45, 7) is -5.06. The van der Waals surface area contributed by atoms with Gasteiger partial charge in [-0.05, 0) is 6.92 Å². The van der Waals surface area contributed by atoms with E-state index in [0.29, 0.717) is 0 Å². The molecule has 10 fully saturated rings. The van der Waals surface area contributed by atoms with Gasteiger partial charge in [0.25, 0.3) is 0 Å². The Bertz CT molecular complexity index is 3230. The first-order valence-corrected chi connectivity index (χ1v) is 38.4. The van der Waals surface area contributed by atoms with E-state index in [1.165, 1.54) is 6.92 Å². The van der Waals surface area contributed by atoms with Gasteiger partial charge in [-0.3, -0.25) is 19.2 Å². The molecule has 10 aliphatic heterocycles. The van der Waals surface area contributed by atoms with Crippen LogP contribution in [0.1, 0.15) is 34.6 Å². The Morgan fingerprint density at radius 1 is 0.233 bits per heavy atom. The highest BCUT2D eigenvalue weighted by molar-refractivity contribution is 5.74. The molecule has 120 heavy (non-hydrogen) atoms. The van der Waals surface area contributed by atoms with Crippen molar-refractivity contribution in [2.75, 3.05) is 59.5 Å². The fourth-order valence-corrected chi connectivity index (χ4v) is 15.7. The third-order valence-electron chi connectivity index (χ3n) is 22.1. The lowest BCUT2D eigenvalue weighted by Gasteiger charge is -2.52. The zero-order valence-electron chi connectivity index (χ0n) is 64.7. The molecular weight excluding hydrogens is 1640 g/mol. The van der Waals surface area contributed by atoms with Crippen molar-refractivity contribution in [2.45, 2.75) is 335 Å². The summed E-state index contributed by atoms with van der Waals surface area (Å²) < 4.78 is 114. The molecule has 0 aromatic heterocycles. The minimum atomic E-state index is -2.52. The molecule has 0 spiro atoms. The molecule has 0 aliphatic carbocycles. The molecular formula is C67H112N4O49. The lowest BCUT2D eigenvalue weighted by Crippen LogP contribution is -2.72. The predicted octanol–water partition coefficient (Wildman–Crippen LogP) is -20.6. The van der Waals surface area contributed by atoms with E-state index >= 15 is 0 Å². The van der Waals surface area contributed by atoms with Gasteiger partial charge in [-0.25, -0.2) is 0 Å². The summed E-state index contributed by atoms with van der Waals surface area (Å²) in [4.78, 5) is 52.0. The lowest BCUT2D eigenvalue weighted by molar-refractivity contribution is -0.407. The number of amides is 4. The van der Waals surface area contributed by atoms with Crippen molar-refractivity contribution in [3.63, 3.8) is 0 Å². The highest BCUT2D eigenvalue weighted by atomic mass is 16.8. The summed E-state index contributed by atoms with van der Waals surface area (Å²) in [6, 6.07) is -7.69. The standard InChI is InChI=1S/C67H112N4O49/c1-15-33(84)43(94)49(100)63(103-15)119-56-46(97)36(87)21(7-73)108-65(56)116-53-32(71-19(5)83)61(105-24(10-76)38(53)89)114-51-26(12-78)111-60(31(41(51)92)70-18(4)82)118-55-45(96)35(86)22(8-74)109-66(55)117-54-39(90)28(14-102-62-48(99)44(95)34(85)20(6-72)106-62)112-67(57(54)120-64-47(98)37(88)23(9-75)107-64)115-52-27(13-79)110-59(30(42(52)93)69-17(3)81)113-50-25(11-77)104-58(101)29(40(50)91)68-16(2)80/h15,20-67,72-79,84-101H,6-14H2,1-5H3,(H,68,80)(H,69,81)(H,70,82)(H,71,83)/t15-,20+,21+,22+,23+,24+,25+,26+,27+,28+,29+,30+,31+,32+,33+,34+,35+,36-,37-,38-,39+,40+,41+,42+,43+,44-,45-,46-,47+,48-,49-,50+,51+,52+,53+,54-,55-,56+,57-,58+,59-,60-,61-,62-,63-,64-,65-,66+,67-/m0/s1. The van der Waals surface area contributed by atoms with Crippen LogP contribution >= 0.6 is 0 Å². The van der Waals surface area contributed by atoms with Gasteiger partial charge < -0.3 is 244 Å². The molecule has 10 rings (SSSR count). The third-order valence-corrected chi connectivity index (χ3v) is 22.1. The van der Waals surface area contributed by atoms with E-state index in [1.54, 1.807) is 0 Å². The predicted molar refractivity (Wildman–Crippen MR) is 369 cm³/mol. The van der Waals surface area contributed by atoms with Crippen molar-refractivity contribution in [1.82, 2.24) is 21.3 Å². The molecule has 10 saturated heterocycles. The lowest BCUT2D eigenvalue weighted by atomic mass is 9.93. The van der Waals surface area contributed by atoms with Crippen molar-refractivity contribution in [2.24, 2.45) is 0 Å². The quantitative estimate of drug-likeness (QED) is 0.0306. The van der Waals surface area contributed by atoms with Gasteiger partial charge in [0.05, 0.1) is 65.6 Å². The van der Waals surface area contributed by atoms with E-state index in [4.69, 9.17) is 90.0 Å². The second-order valence-corrected chi connectivity index (χ2v) is 30.5. The van der Waals surface area contributed by atoms with Crippen LogP contribution in [0.15, 0.2) is 0 Å². The molecule has 10 heterocycles. The van der Waals surface area contributed by atoms with E-state index in [-0.39, 0.29) is 0 Å². The topological polar surface area (TPSA) is 818 Å². The monoisotopic (exact) mass is 1760 g/mol. The third kappa shape index (κ3) is 21.4. The van der Waals surface area contributed by atoms with Crippen LogP contribution in [0, 0.1) is 0 Å². The smallest absolute Gasteiger partial charge is 0.217 e. The minimum Gasteiger partial charge on any atom is -0.394 e. The van der Waals surface area contributed by atoms with Gasteiger partial charge in [-0.2, -0.15) is 0 Å². The van der Waals surface area contributed by atoms with E-state index in [0.717, 1.165) is 27.7 Å². The van der Waals surface area contributed by atoms with Crippen molar-refractivity contribution >= 4 is 23.6 Å². The summed E-state index contributed by atoms with van der Waals surface area (Å²) in [5.41, 5.74) is 0. The molecule has 4 amide bonds. The molecule has 0 radical (unpaired) electrons. The van der Waals surface area contributed by atoms with Crippen LogP contribution in [0.3, 0.4) is 0 Å². The van der Waals surface area contributed by atoms with Gasteiger partial charge in [0, 0.05) is 27.7 Å².